The average Bonchev–Trinajstić information content (AvgIpc) is 3.40. The first-order valence-electron chi connectivity index (χ1n) is 13.1. The highest BCUT2D eigenvalue weighted by atomic mass is 32.1. The number of phenols is 1. The number of benzene rings is 1. The maximum Gasteiger partial charge on any atom is 0.327 e. The molecule has 4 amide bonds. The van der Waals surface area contributed by atoms with Crippen molar-refractivity contribution in [1.82, 2.24) is 20.9 Å². The summed E-state index contributed by atoms with van der Waals surface area (Å²) in [6.07, 6.45) is -0.0498. The summed E-state index contributed by atoms with van der Waals surface area (Å²) >= 11 is 3.92. The Kier molecular flexibility index (Phi) is 12.4. The van der Waals surface area contributed by atoms with Gasteiger partial charge in [0, 0.05) is 12.3 Å². The molecule has 41 heavy (non-hydrogen) atoms. The van der Waals surface area contributed by atoms with E-state index in [0.717, 1.165) is 4.90 Å². The molecule has 1 aromatic rings. The van der Waals surface area contributed by atoms with Crippen molar-refractivity contribution in [2.24, 2.45) is 11.7 Å². The molecule has 226 valence electrons. The fourth-order valence-electron chi connectivity index (χ4n) is 4.37. The third-order valence-electron chi connectivity index (χ3n) is 6.60. The van der Waals surface area contributed by atoms with E-state index in [1.54, 1.807) is 26.0 Å². The highest BCUT2D eigenvalue weighted by Crippen LogP contribution is 2.20. The summed E-state index contributed by atoms with van der Waals surface area (Å²) in [5.74, 6) is -6.18. The van der Waals surface area contributed by atoms with Crippen LogP contribution in [0.4, 0.5) is 0 Å². The van der Waals surface area contributed by atoms with Gasteiger partial charge in [0.15, 0.2) is 0 Å². The van der Waals surface area contributed by atoms with Crippen molar-refractivity contribution in [3.8, 4) is 5.75 Å². The molecule has 2 rings (SSSR count). The van der Waals surface area contributed by atoms with Crippen LogP contribution in [-0.4, -0.2) is 98.3 Å². The van der Waals surface area contributed by atoms with E-state index in [2.05, 4.69) is 28.6 Å². The highest BCUT2D eigenvalue weighted by molar-refractivity contribution is 7.80. The Morgan fingerprint density at radius 1 is 1.00 bits per heavy atom. The number of carboxylic acids is 2. The van der Waals surface area contributed by atoms with Crippen LogP contribution < -0.4 is 21.7 Å². The molecule has 1 heterocycles. The highest BCUT2D eigenvalue weighted by Gasteiger charge is 2.40. The van der Waals surface area contributed by atoms with Crippen molar-refractivity contribution < 1.29 is 44.1 Å². The maximum absolute atomic E-state index is 13.4. The van der Waals surface area contributed by atoms with Crippen molar-refractivity contribution in [3.05, 3.63) is 29.8 Å². The third kappa shape index (κ3) is 9.63. The summed E-state index contributed by atoms with van der Waals surface area (Å²) in [7, 11) is 0. The molecule has 0 aromatic heterocycles. The van der Waals surface area contributed by atoms with Crippen LogP contribution >= 0.6 is 12.6 Å². The molecule has 1 aromatic carbocycles. The molecule has 0 radical (unpaired) electrons. The van der Waals surface area contributed by atoms with E-state index in [1.165, 1.54) is 12.1 Å². The predicted octanol–water partition coefficient (Wildman–Crippen LogP) is -1.15. The van der Waals surface area contributed by atoms with E-state index in [-0.39, 0.29) is 30.9 Å². The summed E-state index contributed by atoms with van der Waals surface area (Å²) in [6.45, 7) is 3.42. The predicted molar refractivity (Wildman–Crippen MR) is 149 cm³/mol. The Morgan fingerprint density at radius 2 is 1.61 bits per heavy atom. The molecule has 15 heteroatoms. The molecular weight excluding hydrogens is 558 g/mol. The van der Waals surface area contributed by atoms with Gasteiger partial charge in [-0.15, -0.1) is 0 Å². The van der Waals surface area contributed by atoms with Crippen LogP contribution in [0.15, 0.2) is 24.3 Å². The number of carboxylic acid groups (broad SMARTS) is 2. The number of likely N-dealkylation sites (tertiary alicyclic amines) is 1. The fourth-order valence-corrected chi connectivity index (χ4v) is 4.61. The minimum Gasteiger partial charge on any atom is -0.508 e. The Labute approximate surface area is 242 Å². The van der Waals surface area contributed by atoms with Crippen LogP contribution in [0.1, 0.15) is 38.7 Å². The minimum absolute atomic E-state index is 0.0329. The van der Waals surface area contributed by atoms with Gasteiger partial charge in [0.2, 0.25) is 23.6 Å². The molecule has 1 aliphatic heterocycles. The number of hydrogen-bond acceptors (Lipinski definition) is 9. The first-order chi connectivity index (χ1) is 19.2. The van der Waals surface area contributed by atoms with Gasteiger partial charge < -0.3 is 41.9 Å². The number of aliphatic carboxylic acids is 2. The van der Waals surface area contributed by atoms with E-state index in [0.29, 0.717) is 12.0 Å². The molecule has 1 saturated heterocycles. The van der Waals surface area contributed by atoms with Crippen molar-refractivity contribution >= 4 is 48.2 Å². The average molecular weight is 596 g/mol. The Bertz CT molecular complexity index is 1130. The van der Waals surface area contributed by atoms with E-state index < -0.39 is 78.1 Å². The zero-order valence-electron chi connectivity index (χ0n) is 22.8. The largest absolute Gasteiger partial charge is 0.508 e. The monoisotopic (exact) mass is 595 g/mol. The Hall–Kier alpha value is -3.85. The van der Waals surface area contributed by atoms with Gasteiger partial charge in [-0.25, -0.2) is 4.79 Å². The second-order valence-electron chi connectivity index (χ2n) is 10.1. The van der Waals surface area contributed by atoms with E-state index >= 15 is 0 Å². The summed E-state index contributed by atoms with van der Waals surface area (Å²) in [4.78, 5) is 76.1. The molecule has 0 saturated carbocycles. The van der Waals surface area contributed by atoms with Crippen LogP contribution in [0.3, 0.4) is 0 Å². The quantitative estimate of drug-likeness (QED) is 0.120. The van der Waals surface area contributed by atoms with E-state index in [9.17, 15) is 44.1 Å². The standard InChI is InChI=1S/C26H37N5O9S/c1-13(2)21(24(37)29-18(12-41)26(39)40)30-23(36)19-4-3-9-31(19)25(38)17(11-20(33)34)28-22(35)16(27)10-14-5-7-15(32)8-6-14/h5-8,13,16-19,21,32,41H,3-4,9-12,27H2,1-2H3,(H,28,35)(H,29,37)(H,30,36)(H,33,34)(H,39,40)/t16-,17-,18-,19-,21-/m0/s1. The smallest absolute Gasteiger partial charge is 0.327 e. The van der Waals surface area contributed by atoms with Gasteiger partial charge in [-0.2, -0.15) is 12.6 Å². The summed E-state index contributed by atoms with van der Waals surface area (Å²) < 4.78 is 0. The van der Waals surface area contributed by atoms with E-state index in [1.807, 2.05) is 0 Å². The molecule has 8 N–H and O–H groups in total. The van der Waals surface area contributed by atoms with E-state index in [4.69, 9.17) is 5.73 Å². The molecular formula is C26H37N5O9S. The van der Waals surface area contributed by atoms with Crippen LogP contribution in [0.2, 0.25) is 0 Å². The number of carbonyl (C=O) groups excluding carboxylic acids is 4. The van der Waals surface area contributed by atoms with Crippen LogP contribution in [-0.2, 0) is 35.2 Å². The topological polar surface area (TPSA) is 228 Å². The number of nitrogens with two attached hydrogens (primary N) is 1. The van der Waals surface area contributed by atoms with Gasteiger partial charge >= 0.3 is 11.9 Å². The number of nitrogens with zero attached hydrogens (tertiary/aromatic N) is 1. The van der Waals surface area contributed by atoms with Gasteiger partial charge in [0.05, 0.1) is 12.5 Å². The van der Waals surface area contributed by atoms with Crippen molar-refractivity contribution in [1.29, 1.82) is 0 Å². The Balaban J connectivity index is 2.14. The molecule has 1 aliphatic rings. The number of aromatic hydroxyl groups is 1. The molecule has 0 aliphatic carbocycles. The summed E-state index contributed by atoms with van der Waals surface area (Å²) in [6, 6.07) is -0.0734. The summed E-state index contributed by atoms with van der Waals surface area (Å²) in [5.41, 5.74) is 6.61. The van der Waals surface area contributed by atoms with Crippen LogP contribution in [0.25, 0.3) is 0 Å². The van der Waals surface area contributed by atoms with Crippen molar-refractivity contribution in [3.63, 3.8) is 0 Å². The normalized spacial score (nSPS) is 17.7. The number of hydrogen-bond donors (Lipinski definition) is 8. The second kappa shape index (κ2) is 15.2. The first kappa shape index (κ1) is 33.4. The van der Waals surface area contributed by atoms with Crippen LogP contribution in [0, 0.1) is 5.92 Å². The van der Waals surface area contributed by atoms with Crippen molar-refractivity contribution in [2.75, 3.05) is 12.3 Å². The van der Waals surface area contributed by atoms with Crippen LogP contribution in [0.5, 0.6) is 5.75 Å². The number of carbonyl (C=O) groups is 6. The molecule has 0 bridgehead atoms. The lowest BCUT2D eigenvalue weighted by molar-refractivity contribution is -0.146. The second-order valence-corrected chi connectivity index (χ2v) is 10.5. The lowest BCUT2D eigenvalue weighted by Crippen LogP contribution is -2.59. The zero-order valence-corrected chi connectivity index (χ0v) is 23.7. The lowest BCUT2D eigenvalue weighted by Gasteiger charge is -2.30. The van der Waals surface area contributed by atoms with Gasteiger partial charge in [-0.1, -0.05) is 26.0 Å². The molecule has 5 atom stereocenters. The number of nitrogens with one attached hydrogen (secondary N) is 3. The third-order valence-corrected chi connectivity index (χ3v) is 6.97. The summed E-state index contributed by atoms with van der Waals surface area (Å²) in [5, 5.41) is 35.3. The van der Waals surface area contributed by atoms with Gasteiger partial charge in [-0.3, -0.25) is 24.0 Å². The Morgan fingerprint density at radius 3 is 2.15 bits per heavy atom. The maximum atomic E-state index is 13.4. The zero-order chi connectivity index (χ0) is 30.9. The molecule has 14 nitrogen and oxygen atoms in total. The van der Waals surface area contributed by atoms with Gasteiger partial charge in [-0.05, 0) is 42.9 Å². The molecule has 1 fully saturated rings. The number of rotatable bonds is 14. The van der Waals surface area contributed by atoms with Crippen molar-refractivity contribution in [2.45, 2.75) is 69.7 Å². The molecule has 0 spiro atoms. The number of thiol groups is 1. The van der Waals surface area contributed by atoms with Gasteiger partial charge in [0.25, 0.3) is 0 Å². The minimum atomic E-state index is -1.50. The van der Waals surface area contributed by atoms with Gasteiger partial charge in [0.1, 0.15) is 29.9 Å². The SMILES string of the molecule is CC(C)[C@H](NC(=O)[C@@H]1CCCN1C(=O)[C@H](CC(=O)O)NC(=O)[C@@H](N)Cc1ccc(O)cc1)C(=O)N[C@@H](CS)C(=O)O. The lowest BCUT2D eigenvalue weighted by atomic mass is 10.0. The number of phenolic OH excluding ortho intramolecular Hbond substituents is 1. The fraction of sp³-hybridized carbons (Fsp3) is 0.538. The molecule has 0 unspecified atom stereocenters. The number of amides is 4. The first-order valence-corrected chi connectivity index (χ1v) is 13.7.